The van der Waals surface area contributed by atoms with Crippen LogP contribution >= 0.6 is 0 Å². The third-order valence-electron chi connectivity index (χ3n) is 4.43. The number of nitriles is 1. The van der Waals surface area contributed by atoms with E-state index in [9.17, 15) is 9.59 Å². The molecule has 0 aliphatic rings. The molecule has 0 aliphatic heterocycles. The van der Waals surface area contributed by atoms with Gasteiger partial charge >= 0.3 is 0 Å². The highest BCUT2D eigenvalue weighted by molar-refractivity contribution is 5.96. The maximum absolute atomic E-state index is 12.8. The molecule has 2 aromatic carbocycles. The highest BCUT2D eigenvalue weighted by Crippen LogP contribution is 2.19. The number of hydrogen-bond donors (Lipinski definition) is 1. The van der Waals surface area contributed by atoms with Gasteiger partial charge in [0.25, 0.3) is 0 Å². The van der Waals surface area contributed by atoms with Crippen LogP contribution in [0.25, 0.3) is 0 Å². The zero-order valence-electron chi connectivity index (χ0n) is 16.6. The number of amides is 2. The van der Waals surface area contributed by atoms with Gasteiger partial charge in [-0.1, -0.05) is 24.3 Å². The molecule has 2 amide bonds. The maximum atomic E-state index is 12.8. The second-order valence-electron chi connectivity index (χ2n) is 6.81. The molecule has 0 bridgehead atoms. The van der Waals surface area contributed by atoms with Crippen molar-refractivity contribution in [1.82, 2.24) is 4.90 Å². The largest absolute Gasteiger partial charge is 0.325 e. The molecule has 0 spiro atoms. The molecule has 0 fully saturated rings. The summed E-state index contributed by atoms with van der Waals surface area (Å²) in [5, 5.41) is 11.7. The molecule has 0 aliphatic carbocycles. The van der Waals surface area contributed by atoms with Crippen molar-refractivity contribution in [2.75, 3.05) is 36.9 Å². The lowest BCUT2D eigenvalue weighted by atomic mass is 10.1. The van der Waals surface area contributed by atoms with Gasteiger partial charge in [-0.25, -0.2) is 0 Å². The van der Waals surface area contributed by atoms with Gasteiger partial charge in [0.2, 0.25) is 11.8 Å². The Morgan fingerprint density at radius 1 is 1.04 bits per heavy atom. The van der Waals surface area contributed by atoms with Crippen molar-refractivity contribution in [2.24, 2.45) is 0 Å². The van der Waals surface area contributed by atoms with Crippen molar-refractivity contribution in [3.63, 3.8) is 0 Å². The van der Waals surface area contributed by atoms with Crippen LogP contribution in [-0.2, 0) is 9.59 Å². The molecule has 0 aromatic heterocycles. The number of para-hydroxylation sites is 1. The highest BCUT2D eigenvalue weighted by atomic mass is 16.2. The van der Waals surface area contributed by atoms with Crippen LogP contribution in [0.1, 0.15) is 17.5 Å². The molecule has 0 heterocycles. The average molecular weight is 378 g/mol. The van der Waals surface area contributed by atoms with Crippen molar-refractivity contribution in [3.8, 4) is 6.07 Å². The van der Waals surface area contributed by atoms with Crippen LogP contribution in [0.5, 0.6) is 0 Å². The normalized spacial score (nSPS) is 10.4. The minimum atomic E-state index is -0.184. The fraction of sp³-hybridized carbons (Fsp3) is 0.318. The molecule has 6 heteroatoms. The molecule has 0 unspecified atom stereocenters. The fourth-order valence-corrected chi connectivity index (χ4v) is 2.79. The number of aryl methyl sites for hydroxylation is 2. The van der Waals surface area contributed by atoms with E-state index in [1.807, 2.05) is 62.4 Å². The van der Waals surface area contributed by atoms with Crippen molar-refractivity contribution in [3.05, 3.63) is 59.7 Å². The van der Waals surface area contributed by atoms with Crippen LogP contribution < -0.4 is 10.2 Å². The van der Waals surface area contributed by atoms with Crippen molar-refractivity contribution < 1.29 is 9.59 Å². The molecule has 2 aromatic rings. The second kappa shape index (κ2) is 10.2. The number of hydrogen-bond acceptors (Lipinski definition) is 4. The van der Waals surface area contributed by atoms with Crippen molar-refractivity contribution in [2.45, 2.75) is 20.3 Å². The smallest absolute Gasteiger partial charge is 0.241 e. The molecule has 2 rings (SSSR count). The molecule has 0 saturated heterocycles. The van der Waals surface area contributed by atoms with E-state index in [0.29, 0.717) is 6.54 Å². The molecule has 0 radical (unpaired) electrons. The number of carbonyl (C=O) groups is 2. The van der Waals surface area contributed by atoms with Gasteiger partial charge in [0.15, 0.2) is 0 Å². The minimum Gasteiger partial charge on any atom is -0.325 e. The van der Waals surface area contributed by atoms with Crippen LogP contribution in [0.2, 0.25) is 0 Å². The van der Waals surface area contributed by atoms with E-state index in [0.717, 1.165) is 22.5 Å². The predicted molar refractivity (Wildman–Crippen MR) is 111 cm³/mol. The Labute approximate surface area is 166 Å². The van der Waals surface area contributed by atoms with Crippen LogP contribution in [0.4, 0.5) is 11.4 Å². The van der Waals surface area contributed by atoms with Crippen LogP contribution in [0, 0.1) is 25.2 Å². The van der Waals surface area contributed by atoms with Gasteiger partial charge in [0.05, 0.1) is 25.6 Å². The Hall–Kier alpha value is -3.17. The van der Waals surface area contributed by atoms with E-state index < -0.39 is 0 Å². The number of rotatable bonds is 8. The van der Waals surface area contributed by atoms with E-state index in [1.165, 1.54) is 0 Å². The summed E-state index contributed by atoms with van der Waals surface area (Å²) in [5.41, 5.74) is 3.72. The Balaban J connectivity index is 2.00. The summed E-state index contributed by atoms with van der Waals surface area (Å²) in [6.45, 7) is 4.51. The first-order valence-corrected chi connectivity index (χ1v) is 9.18. The van der Waals surface area contributed by atoms with Gasteiger partial charge in [-0.15, -0.1) is 0 Å². The van der Waals surface area contributed by atoms with Crippen molar-refractivity contribution >= 4 is 23.2 Å². The van der Waals surface area contributed by atoms with Gasteiger partial charge in [-0.05, 0) is 56.3 Å². The summed E-state index contributed by atoms with van der Waals surface area (Å²) in [4.78, 5) is 28.3. The summed E-state index contributed by atoms with van der Waals surface area (Å²) in [6, 6.07) is 17.1. The standard InChI is InChI=1S/C22H26N4O2/c1-17-10-11-20(14-18(17)2)26(13-7-12-23)22(28)16-25(3)15-21(27)24-19-8-5-4-6-9-19/h4-6,8-11,14H,7,13,15-16H2,1-3H3,(H,24,27). The Bertz CT molecular complexity index is 859. The second-order valence-corrected chi connectivity index (χ2v) is 6.81. The number of carbonyl (C=O) groups excluding carboxylic acids is 2. The SMILES string of the molecule is Cc1ccc(N(CCC#N)C(=O)CN(C)CC(=O)Nc2ccccc2)cc1C. The summed E-state index contributed by atoms with van der Waals surface area (Å²) in [5.74, 6) is -0.329. The lowest BCUT2D eigenvalue weighted by Crippen LogP contribution is -2.42. The van der Waals surface area contributed by atoms with Gasteiger partial charge in [-0.3, -0.25) is 14.5 Å². The van der Waals surface area contributed by atoms with Gasteiger partial charge in [0.1, 0.15) is 0 Å². The Morgan fingerprint density at radius 2 is 1.75 bits per heavy atom. The van der Waals surface area contributed by atoms with Gasteiger partial charge < -0.3 is 10.2 Å². The Morgan fingerprint density at radius 3 is 2.39 bits per heavy atom. The first-order chi connectivity index (χ1) is 13.4. The maximum Gasteiger partial charge on any atom is 0.241 e. The monoisotopic (exact) mass is 378 g/mol. The first-order valence-electron chi connectivity index (χ1n) is 9.18. The van der Waals surface area contributed by atoms with E-state index in [4.69, 9.17) is 5.26 Å². The molecule has 6 nitrogen and oxygen atoms in total. The van der Waals surface area contributed by atoms with Crippen molar-refractivity contribution in [1.29, 1.82) is 5.26 Å². The number of likely N-dealkylation sites (N-methyl/N-ethyl adjacent to an activating group) is 1. The zero-order chi connectivity index (χ0) is 20.5. The minimum absolute atomic E-state index is 0.0839. The van der Waals surface area contributed by atoms with Crippen LogP contribution in [0.3, 0.4) is 0 Å². The quantitative estimate of drug-likeness (QED) is 0.766. The topological polar surface area (TPSA) is 76.4 Å². The number of benzene rings is 2. The van der Waals surface area contributed by atoms with Gasteiger partial charge in [0, 0.05) is 17.9 Å². The molecule has 0 atom stereocenters. The predicted octanol–water partition coefficient (Wildman–Crippen LogP) is 3.12. The first kappa shape index (κ1) is 21.1. The molecular weight excluding hydrogens is 352 g/mol. The highest BCUT2D eigenvalue weighted by Gasteiger charge is 2.19. The molecule has 0 saturated carbocycles. The summed E-state index contributed by atoms with van der Waals surface area (Å²) in [6.07, 6.45) is 0.247. The molecular formula is C22H26N4O2. The lowest BCUT2D eigenvalue weighted by Gasteiger charge is -2.25. The van der Waals surface area contributed by atoms with Crippen LogP contribution in [-0.4, -0.2) is 43.4 Å². The van der Waals surface area contributed by atoms with E-state index in [1.54, 1.807) is 16.8 Å². The van der Waals surface area contributed by atoms with E-state index in [2.05, 4.69) is 11.4 Å². The third kappa shape index (κ3) is 6.22. The Kier molecular flexibility index (Phi) is 7.73. The summed E-state index contributed by atoms with van der Waals surface area (Å²) < 4.78 is 0. The summed E-state index contributed by atoms with van der Waals surface area (Å²) in [7, 11) is 1.73. The number of nitrogens with zero attached hydrogens (tertiary/aromatic N) is 3. The van der Waals surface area contributed by atoms with Gasteiger partial charge in [-0.2, -0.15) is 5.26 Å². The molecule has 146 valence electrons. The summed E-state index contributed by atoms with van der Waals surface area (Å²) >= 11 is 0. The van der Waals surface area contributed by atoms with E-state index >= 15 is 0 Å². The number of anilines is 2. The fourth-order valence-electron chi connectivity index (χ4n) is 2.79. The third-order valence-corrected chi connectivity index (χ3v) is 4.43. The zero-order valence-corrected chi connectivity index (χ0v) is 16.6. The molecule has 28 heavy (non-hydrogen) atoms. The number of nitrogens with one attached hydrogen (secondary N) is 1. The average Bonchev–Trinajstić information content (AvgIpc) is 2.65. The lowest BCUT2D eigenvalue weighted by molar-refractivity contribution is -0.121. The molecule has 1 N–H and O–H groups in total. The van der Waals surface area contributed by atoms with Crippen LogP contribution in [0.15, 0.2) is 48.5 Å². The van der Waals surface area contributed by atoms with E-state index in [-0.39, 0.29) is 31.3 Å².